The van der Waals surface area contributed by atoms with Gasteiger partial charge in [0.15, 0.2) is 6.61 Å². The number of hydrogen-bond acceptors (Lipinski definition) is 4. The molecule has 2 aromatic carbocycles. The number of nitrogens with one attached hydrogen (secondary N) is 2. The Morgan fingerprint density at radius 1 is 0.929 bits per heavy atom. The third kappa shape index (κ3) is 6.23. The van der Waals surface area contributed by atoms with Crippen LogP contribution in [0.4, 0.5) is 5.69 Å². The molecule has 0 fully saturated rings. The Balaban J connectivity index is 1.77. The highest BCUT2D eigenvalue weighted by atomic mass is 16.5. The highest BCUT2D eigenvalue weighted by molar-refractivity contribution is 5.95. The first kappa shape index (κ1) is 21.2. The quantitative estimate of drug-likeness (QED) is 0.653. The number of carbonyl (C=O) groups excluding carboxylic acids is 3. The number of rotatable bonds is 9. The summed E-state index contributed by atoms with van der Waals surface area (Å²) in [4.78, 5) is 36.2. The van der Waals surface area contributed by atoms with Gasteiger partial charge in [0.2, 0.25) is 5.91 Å². The number of ether oxygens (including phenoxy) is 1. The van der Waals surface area contributed by atoms with Gasteiger partial charge in [0, 0.05) is 5.69 Å². The first-order valence-corrected chi connectivity index (χ1v) is 9.41. The van der Waals surface area contributed by atoms with Crippen LogP contribution in [0.1, 0.15) is 37.3 Å². The van der Waals surface area contributed by atoms with Crippen molar-refractivity contribution < 1.29 is 19.1 Å². The molecule has 0 radical (unpaired) electrons. The summed E-state index contributed by atoms with van der Waals surface area (Å²) in [5.74, 6) is -1.72. The second-order valence-corrected chi connectivity index (χ2v) is 6.31. The van der Waals surface area contributed by atoms with Crippen molar-refractivity contribution in [2.24, 2.45) is 0 Å². The second-order valence-electron chi connectivity index (χ2n) is 6.31. The number of para-hydroxylation sites is 1. The number of aryl methyl sites for hydroxylation is 1. The molecule has 0 saturated heterocycles. The van der Waals surface area contributed by atoms with E-state index in [-0.39, 0.29) is 12.5 Å². The molecule has 0 saturated carbocycles. The van der Waals surface area contributed by atoms with Crippen LogP contribution in [-0.4, -0.2) is 30.9 Å². The van der Waals surface area contributed by atoms with Crippen LogP contribution in [0, 0.1) is 0 Å². The van der Waals surface area contributed by atoms with E-state index < -0.39 is 24.4 Å². The van der Waals surface area contributed by atoms with E-state index in [4.69, 9.17) is 4.74 Å². The van der Waals surface area contributed by atoms with E-state index in [1.165, 1.54) is 0 Å². The summed E-state index contributed by atoms with van der Waals surface area (Å²) in [6, 6.07) is 16.8. The van der Waals surface area contributed by atoms with Crippen molar-refractivity contribution in [3.05, 3.63) is 65.7 Å². The van der Waals surface area contributed by atoms with Crippen molar-refractivity contribution >= 4 is 23.5 Å². The number of esters is 1. The van der Waals surface area contributed by atoms with Crippen molar-refractivity contribution in [2.75, 3.05) is 18.5 Å². The normalized spacial score (nSPS) is 11.4. The Labute approximate surface area is 165 Å². The summed E-state index contributed by atoms with van der Waals surface area (Å²) >= 11 is 0. The van der Waals surface area contributed by atoms with Gasteiger partial charge in [-0.25, -0.2) is 0 Å². The highest BCUT2D eigenvalue weighted by Gasteiger charge is 2.21. The van der Waals surface area contributed by atoms with Crippen molar-refractivity contribution in [1.82, 2.24) is 5.32 Å². The van der Waals surface area contributed by atoms with E-state index in [2.05, 4.69) is 10.6 Å². The van der Waals surface area contributed by atoms with Gasteiger partial charge in [-0.15, -0.1) is 0 Å². The maximum Gasteiger partial charge on any atom is 0.313 e. The molecule has 148 valence electrons. The topological polar surface area (TPSA) is 84.5 Å². The third-order valence-electron chi connectivity index (χ3n) is 4.36. The van der Waals surface area contributed by atoms with Crippen LogP contribution in [0.25, 0.3) is 0 Å². The van der Waals surface area contributed by atoms with Crippen molar-refractivity contribution in [2.45, 2.75) is 32.6 Å². The molecule has 2 rings (SSSR count). The van der Waals surface area contributed by atoms with Gasteiger partial charge in [-0.1, -0.05) is 62.4 Å². The van der Waals surface area contributed by atoms with E-state index in [1.54, 1.807) is 0 Å². The molecule has 6 nitrogen and oxygen atoms in total. The van der Waals surface area contributed by atoms with E-state index in [9.17, 15) is 14.4 Å². The number of amides is 2. The zero-order valence-electron chi connectivity index (χ0n) is 16.2. The Morgan fingerprint density at radius 3 is 2.29 bits per heavy atom. The smallest absolute Gasteiger partial charge is 0.313 e. The lowest BCUT2D eigenvalue weighted by molar-refractivity contribution is -0.150. The molecule has 0 aliphatic rings. The fraction of sp³-hybridized carbons (Fsp3) is 0.318. The minimum atomic E-state index is -0.518. The van der Waals surface area contributed by atoms with Crippen molar-refractivity contribution in [1.29, 1.82) is 0 Å². The van der Waals surface area contributed by atoms with Gasteiger partial charge in [0.1, 0.15) is 0 Å². The lowest BCUT2D eigenvalue weighted by Gasteiger charge is -2.14. The maximum atomic E-state index is 12.2. The molecule has 0 spiro atoms. The molecule has 0 heterocycles. The largest absolute Gasteiger partial charge is 0.455 e. The van der Waals surface area contributed by atoms with E-state index in [1.807, 2.05) is 68.4 Å². The van der Waals surface area contributed by atoms with Gasteiger partial charge in [-0.05, 0) is 30.0 Å². The molecule has 0 aliphatic carbocycles. The predicted molar refractivity (Wildman–Crippen MR) is 108 cm³/mol. The molecular formula is C22H26N2O4. The molecule has 0 unspecified atom stereocenters. The van der Waals surface area contributed by atoms with Crippen LogP contribution in [0.15, 0.2) is 54.6 Å². The Hall–Kier alpha value is -3.15. The molecule has 0 aliphatic heterocycles. The van der Waals surface area contributed by atoms with Crippen LogP contribution in [0.3, 0.4) is 0 Å². The van der Waals surface area contributed by atoms with E-state index in [0.717, 1.165) is 23.2 Å². The number of benzene rings is 2. The fourth-order valence-corrected chi connectivity index (χ4v) is 2.84. The molecule has 2 amide bonds. The molecule has 2 N–H and O–H groups in total. The van der Waals surface area contributed by atoms with Crippen molar-refractivity contribution in [3.63, 3.8) is 0 Å². The third-order valence-corrected chi connectivity index (χ3v) is 4.36. The zero-order valence-corrected chi connectivity index (χ0v) is 16.2. The summed E-state index contributed by atoms with van der Waals surface area (Å²) in [6.45, 7) is 3.28. The lowest BCUT2D eigenvalue weighted by atomic mass is 9.97. The van der Waals surface area contributed by atoms with E-state index in [0.29, 0.717) is 6.42 Å². The van der Waals surface area contributed by atoms with Gasteiger partial charge >= 0.3 is 5.97 Å². The number of carbonyl (C=O) groups is 3. The zero-order chi connectivity index (χ0) is 20.4. The second kappa shape index (κ2) is 10.9. The first-order valence-electron chi connectivity index (χ1n) is 9.41. The predicted octanol–water partition coefficient (Wildman–Crippen LogP) is 3.04. The number of anilines is 1. The monoisotopic (exact) mass is 382 g/mol. The summed E-state index contributed by atoms with van der Waals surface area (Å²) in [6.07, 6.45) is 1.36. The average molecular weight is 382 g/mol. The summed E-state index contributed by atoms with van der Waals surface area (Å²) in [5.41, 5.74) is 2.59. The number of hydrogen-bond donors (Lipinski definition) is 2. The first-order chi connectivity index (χ1) is 13.5. The van der Waals surface area contributed by atoms with Crippen LogP contribution < -0.4 is 10.6 Å². The van der Waals surface area contributed by atoms with Crippen LogP contribution in [0.5, 0.6) is 0 Å². The lowest BCUT2D eigenvalue weighted by Crippen LogP contribution is -2.36. The van der Waals surface area contributed by atoms with Gasteiger partial charge in [-0.3, -0.25) is 14.4 Å². The summed E-state index contributed by atoms with van der Waals surface area (Å²) in [5, 5.41) is 5.23. The standard InChI is InChI=1S/C22H26N2O4/c1-3-16-10-8-9-13-19(16)24-20(25)14-23-21(26)15-28-22(27)18(4-2)17-11-6-5-7-12-17/h5-13,18H,3-4,14-15H2,1-2H3,(H,23,26)(H,24,25)/t18-/m1/s1. The molecule has 6 heteroatoms. The van der Waals surface area contributed by atoms with Crippen LogP contribution >= 0.6 is 0 Å². The van der Waals surface area contributed by atoms with Crippen LogP contribution in [0.2, 0.25) is 0 Å². The maximum absolute atomic E-state index is 12.2. The average Bonchev–Trinajstić information content (AvgIpc) is 2.72. The minimum absolute atomic E-state index is 0.190. The molecule has 28 heavy (non-hydrogen) atoms. The fourth-order valence-electron chi connectivity index (χ4n) is 2.84. The van der Waals surface area contributed by atoms with Crippen LogP contribution in [-0.2, 0) is 25.5 Å². The van der Waals surface area contributed by atoms with Gasteiger partial charge < -0.3 is 15.4 Å². The SMILES string of the molecule is CCc1ccccc1NC(=O)CNC(=O)COC(=O)[C@H](CC)c1ccccc1. The molecular weight excluding hydrogens is 356 g/mol. The Morgan fingerprint density at radius 2 is 1.61 bits per heavy atom. The molecule has 2 aromatic rings. The molecule has 1 atom stereocenters. The minimum Gasteiger partial charge on any atom is -0.455 e. The highest BCUT2D eigenvalue weighted by Crippen LogP contribution is 2.20. The Kier molecular flexibility index (Phi) is 8.21. The van der Waals surface area contributed by atoms with Crippen molar-refractivity contribution in [3.8, 4) is 0 Å². The van der Waals surface area contributed by atoms with Gasteiger partial charge in [-0.2, -0.15) is 0 Å². The molecule has 0 aromatic heterocycles. The van der Waals surface area contributed by atoms with Gasteiger partial charge in [0.05, 0.1) is 12.5 Å². The Bertz CT molecular complexity index is 805. The summed E-state index contributed by atoms with van der Waals surface area (Å²) in [7, 11) is 0. The molecule has 0 bridgehead atoms. The summed E-state index contributed by atoms with van der Waals surface area (Å²) < 4.78 is 5.12. The van der Waals surface area contributed by atoms with E-state index >= 15 is 0 Å². The van der Waals surface area contributed by atoms with Gasteiger partial charge in [0.25, 0.3) is 5.91 Å².